The normalized spacial score (nSPS) is 13.1. The van der Waals surface area contributed by atoms with Crippen LogP contribution in [0, 0.1) is 0 Å². The molecular formula is C13H13N3O3. The van der Waals surface area contributed by atoms with Crippen molar-refractivity contribution in [2.45, 2.75) is 6.54 Å². The summed E-state index contributed by atoms with van der Waals surface area (Å²) in [6.45, 7) is 0.884. The molecule has 2 aromatic rings. The second kappa shape index (κ2) is 5.01. The van der Waals surface area contributed by atoms with Crippen LogP contribution in [0.4, 0.5) is 0 Å². The number of hydrogen-bond acceptors (Lipinski definition) is 5. The Morgan fingerprint density at radius 3 is 3.21 bits per heavy atom. The molecule has 1 aromatic carbocycles. The number of benzene rings is 1. The molecule has 1 aliphatic heterocycles. The first kappa shape index (κ1) is 11.6. The van der Waals surface area contributed by atoms with Crippen molar-refractivity contribution in [3.63, 3.8) is 0 Å². The summed E-state index contributed by atoms with van der Waals surface area (Å²) in [6, 6.07) is 3.80. The van der Waals surface area contributed by atoms with Crippen LogP contribution in [0.1, 0.15) is 11.1 Å². The lowest BCUT2D eigenvalue weighted by Gasteiger charge is -2.10. The summed E-state index contributed by atoms with van der Waals surface area (Å²) in [6.07, 6.45) is 7.05. The van der Waals surface area contributed by atoms with Crippen molar-refractivity contribution >= 4 is 6.21 Å². The molecule has 0 N–H and O–H groups in total. The van der Waals surface area contributed by atoms with E-state index in [0.717, 1.165) is 22.6 Å². The Hall–Kier alpha value is -2.50. The Bertz CT molecular complexity index is 593. The van der Waals surface area contributed by atoms with E-state index in [9.17, 15) is 0 Å². The maximum atomic E-state index is 5.54. The third-order valence-corrected chi connectivity index (χ3v) is 2.88. The number of rotatable bonds is 4. The van der Waals surface area contributed by atoms with Crippen molar-refractivity contribution in [3.05, 3.63) is 42.0 Å². The fourth-order valence-corrected chi connectivity index (χ4v) is 2.00. The monoisotopic (exact) mass is 259 g/mol. The largest absolute Gasteiger partial charge is 0.454 e. The molecule has 1 aliphatic rings. The van der Waals surface area contributed by atoms with Crippen LogP contribution in [0.5, 0.6) is 11.5 Å². The van der Waals surface area contributed by atoms with Crippen LogP contribution in [0.25, 0.3) is 0 Å². The van der Waals surface area contributed by atoms with Gasteiger partial charge in [0.15, 0.2) is 11.5 Å². The molecule has 98 valence electrons. The Labute approximate surface area is 110 Å². The van der Waals surface area contributed by atoms with Crippen LogP contribution < -0.4 is 9.47 Å². The van der Waals surface area contributed by atoms with E-state index < -0.39 is 0 Å². The lowest BCUT2D eigenvalue weighted by molar-refractivity contribution is 0.173. The minimum atomic E-state index is 0.247. The van der Waals surface area contributed by atoms with E-state index in [1.807, 2.05) is 22.9 Å². The minimum absolute atomic E-state index is 0.247. The highest BCUT2D eigenvalue weighted by Crippen LogP contribution is 2.37. The van der Waals surface area contributed by atoms with Gasteiger partial charge in [-0.1, -0.05) is 5.16 Å². The van der Waals surface area contributed by atoms with Gasteiger partial charge in [-0.05, 0) is 12.1 Å². The molecule has 0 atom stereocenters. The topological polar surface area (TPSA) is 57.9 Å². The predicted octanol–water partition coefficient (Wildman–Crippen LogP) is 1.64. The number of aromatic nitrogens is 2. The second-order valence-electron chi connectivity index (χ2n) is 4.02. The lowest BCUT2D eigenvalue weighted by atomic mass is 10.1. The van der Waals surface area contributed by atoms with Gasteiger partial charge in [0, 0.05) is 23.5 Å². The molecule has 0 bridgehead atoms. The molecule has 0 spiro atoms. The Morgan fingerprint density at radius 1 is 1.47 bits per heavy atom. The molecule has 0 radical (unpaired) electrons. The summed E-state index contributed by atoms with van der Waals surface area (Å²) in [5.41, 5.74) is 1.92. The highest BCUT2D eigenvalue weighted by molar-refractivity contribution is 5.83. The summed E-state index contributed by atoms with van der Waals surface area (Å²) >= 11 is 0. The number of hydrogen-bond donors (Lipinski definition) is 0. The molecule has 0 saturated heterocycles. The Morgan fingerprint density at radius 2 is 2.42 bits per heavy atom. The fraction of sp³-hybridized carbons (Fsp3) is 0.231. The fourth-order valence-electron chi connectivity index (χ4n) is 2.00. The van der Waals surface area contributed by atoms with E-state index in [1.54, 1.807) is 18.7 Å². The van der Waals surface area contributed by atoms with Gasteiger partial charge in [0.25, 0.3) is 0 Å². The molecule has 0 amide bonds. The quantitative estimate of drug-likeness (QED) is 0.618. The molecule has 0 aliphatic carbocycles. The molecule has 6 nitrogen and oxygen atoms in total. The van der Waals surface area contributed by atoms with E-state index >= 15 is 0 Å². The molecular weight excluding hydrogens is 246 g/mol. The van der Waals surface area contributed by atoms with Crippen LogP contribution in [0.3, 0.4) is 0 Å². The summed E-state index contributed by atoms with van der Waals surface area (Å²) in [5.74, 6) is 1.51. The number of imidazole rings is 1. The van der Waals surface area contributed by atoms with Crippen LogP contribution in [0.2, 0.25) is 0 Å². The van der Waals surface area contributed by atoms with Crippen molar-refractivity contribution in [2.24, 2.45) is 5.16 Å². The van der Waals surface area contributed by atoms with Crippen molar-refractivity contribution in [3.8, 4) is 11.5 Å². The summed E-state index contributed by atoms with van der Waals surface area (Å²) < 4.78 is 12.9. The first-order chi connectivity index (χ1) is 9.38. The van der Waals surface area contributed by atoms with Crippen LogP contribution >= 0.6 is 0 Å². The van der Waals surface area contributed by atoms with E-state index in [1.165, 1.54) is 7.11 Å². The second-order valence-corrected chi connectivity index (χ2v) is 4.02. The van der Waals surface area contributed by atoms with E-state index in [2.05, 4.69) is 10.1 Å². The van der Waals surface area contributed by atoms with Crippen molar-refractivity contribution in [2.75, 3.05) is 13.9 Å². The van der Waals surface area contributed by atoms with Crippen molar-refractivity contribution in [1.82, 2.24) is 9.55 Å². The lowest BCUT2D eigenvalue weighted by Crippen LogP contribution is -2.03. The van der Waals surface area contributed by atoms with Gasteiger partial charge in [-0.3, -0.25) is 0 Å². The molecule has 19 heavy (non-hydrogen) atoms. The first-order valence-corrected chi connectivity index (χ1v) is 5.82. The zero-order valence-corrected chi connectivity index (χ0v) is 10.4. The van der Waals surface area contributed by atoms with Gasteiger partial charge in [-0.25, -0.2) is 4.98 Å². The smallest absolute Gasteiger partial charge is 0.231 e. The molecule has 3 rings (SSSR count). The predicted molar refractivity (Wildman–Crippen MR) is 68.5 cm³/mol. The average molecular weight is 259 g/mol. The highest BCUT2D eigenvalue weighted by Gasteiger charge is 2.20. The maximum absolute atomic E-state index is 5.54. The van der Waals surface area contributed by atoms with E-state index in [4.69, 9.17) is 14.3 Å². The SMILES string of the molecule is CO/N=C\c1ccc2c(c1Cn1ccnc1)OCO2. The van der Waals surface area contributed by atoms with Crippen LogP contribution in [0.15, 0.2) is 36.0 Å². The highest BCUT2D eigenvalue weighted by atomic mass is 16.7. The molecule has 2 heterocycles. The summed E-state index contributed by atoms with van der Waals surface area (Å²) in [5, 5.41) is 3.81. The van der Waals surface area contributed by atoms with E-state index in [0.29, 0.717) is 6.54 Å². The minimum Gasteiger partial charge on any atom is -0.454 e. The maximum Gasteiger partial charge on any atom is 0.231 e. The average Bonchev–Trinajstić information content (AvgIpc) is 3.08. The van der Waals surface area contributed by atoms with Crippen LogP contribution in [-0.4, -0.2) is 29.7 Å². The van der Waals surface area contributed by atoms with Gasteiger partial charge in [-0.15, -0.1) is 0 Å². The van der Waals surface area contributed by atoms with Gasteiger partial charge < -0.3 is 18.9 Å². The van der Waals surface area contributed by atoms with Gasteiger partial charge in [0.2, 0.25) is 6.79 Å². The van der Waals surface area contributed by atoms with Gasteiger partial charge in [0.05, 0.1) is 19.1 Å². The summed E-state index contributed by atoms with van der Waals surface area (Å²) in [4.78, 5) is 8.77. The van der Waals surface area contributed by atoms with Gasteiger partial charge in [-0.2, -0.15) is 0 Å². The number of ether oxygens (including phenoxy) is 2. The molecule has 1 aromatic heterocycles. The van der Waals surface area contributed by atoms with Crippen LogP contribution in [-0.2, 0) is 11.4 Å². The van der Waals surface area contributed by atoms with Crippen molar-refractivity contribution < 1.29 is 14.3 Å². The first-order valence-electron chi connectivity index (χ1n) is 5.82. The standard InChI is InChI=1S/C13H13N3O3/c1-17-15-6-10-2-3-12-13(19-9-18-12)11(10)7-16-5-4-14-8-16/h2-6,8H,7,9H2,1H3/b15-6-. The number of nitrogens with zero attached hydrogens (tertiary/aromatic N) is 3. The van der Waals surface area contributed by atoms with Gasteiger partial charge in [0.1, 0.15) is 7.11 Å². The van der Waals surface area contributed by atoms with E-state index in [-0.39, 0.29) is 6.79 Å². The molecule has 6 heteroatoms. The third kappa shape index (κ3) is 2.24. The van der Waals surface area contributed by atoms with Crippen molar-refractivity contribution in [1.29, 1.82) is 0 Å². The van der Waals surface area contributed by atoms with Gasteiger partial charge >= 0.3 is 0 Å². The molecule has 0 unspecified atom stereocenters. The zero-order valence-electron chi connectivity index (χ0n) is 10.4. The number of oxime groups is 1. The zero-order chi connectivity index (χ0) is 13.1. The molecule has 0 fully saturated rings. The number of fused-ring (bicyclic) bond motifs is 1. The third-order valence-electron chi connectivity index (χ3n) is 2.88. The summed E-state index contributed by atoms with van der Waals surface area (Å²) in [7, 11) is 1.51. The Kier molecular flexibility index (Phi) is 3.06. The Balaban J connectivity index is 2.02. The molecule has 0 saturated carbocycles.